The molecule has 0 saturated heterocycles. The van der Waals surface area contributed by atoms with Gasteiger partial charge in [0, 0.05) is 78.8 Å². The monoisotopic (exact) mass is 918 g/mol. The summed E-state index contributed by atoms with van der Waals surface area (Å²) in [7, 11) is -11.0. The molecule has 2 aliphatic heterocycles. The summed E-state index contributed by atoms with van der Waals surface area (Å²) in [4.78, 5) is 14.6. The van der Waals surface area contributed by atoms with E-state index in [4.69, 9.17) is 0 Å². The Morgan fingerprint density at radius 3 is 2.21 bits per heavy atom. The number of unbranched alkanes of at least 4 members (excludes halogenated alkanes) is 1. The van der Waals surface area contributed by atoms with Crippen LogP contribution in [0.15, 0.2) is 107 Å². The Labute approximate surface area is 373 Å². The molecule has 0 aromatic heterocycles. The first-order valence-corrected chi connectivity index (χ1v) is 25.9. The summed E-state index contributed by atoms with van der Waals surface area (Å²) in [5.74, 6) is -0.410. The van der Waals surface area contributed by atoms with Crippen molar-refractivity contribution >= 4 is 74.7 Å². The predicted octanol–water partition coefficient (Wildman–Crippen LogP) is 9.11. The number of allylic oxidation sites excluding steroid dienone is 6. The van der Waals surface area contributed by atoms with Crippen molar-refractivity contribution in [3.63, 3.8) is 0 Å². The summed E-state index contributed by atoms with van der Waals surface area (Å²) in [5.41, 5.74) is 4.35. The lowest BCUT2D eigenvalue weighted by Gasteiger charge is -2.27. The summed E-state index contributed by atoms with van der Waals surface area (Å²) < 4.78 is 98.6. The van der Waals surface area contributed by atoms with Crippen molar-refractivity contribution < 1.29 is 43.7 Å². The first-order valence-electron chi connectivity index (χ1n) is 21.5. The average Bonchev–Trinajstić information content (AvgIpc) is 3.56. The first kappa shape index (κ1) is 48.0. The third-order valence-corrected chi connectivity index (χ3v) is 16.0. The van der Waals surface area contributed by atoms with E-state index in [-0.39, 0.29) is 41.0 Å². The summed E-state index contributed by atoms with van der Waals surface area (Å²) in [5, 5.41) is 2.93. The van der Waals surface area contributed by atoms with Crippen molar-refractivity contribution in [1.82, 2.24) is 4.31 Å². The minimum absolute atomic E-state index is 0.0945. The van der Waals surface area contributed by atoms with E-state index in [0.29, 0.717) is 23.6 Å². The molecule has 0 aliphatic carbocycles. The topological polar surface area (TPSA) is 169 Å². The van der Waals surface area contributed by atoms with Crippen molar-refractivity contribution in [3.05, 3.63) is 108 Å². The summed E-state index contributed by atoms with van der Waals surface area (Å²) in [6.07, 6.45) is 12.7. The molecule has 0 fully saturated rings. The van der Waals surface area contributed by atoms with Gasteiger partial charge in [-0.3, -0.25) is 13.9 Å². The molecular formula is C48H60N3O9S3+. The van der Waals surface area contributed by atoms with E-state index in [2.05, 4.69) is 31.7 Å². The largest absolute Gasteiger partial charge is 0.344 e. The molecule has 2 heterocycles. The van der Waals surface area contributed by atoms with Crippen molar-refractivity contribution in [2.75, 3.05) is 37.3 Å². The number of anilines is 1. The Hall–Kier alpha value is -4.51. The second-order valence-corrected chi connectivity index (χ2v) is 22.9. The predicted molar refractivity (Wildman–Crippen MR) is 252 cm³/mol. The van der Waals surface area contributed by atoms with E-state index in [0.717, 1.165) is 64.1 Å². The van der Waals surface area contributed by atoms with Crippen LogP contribution < -0.4 is 4.90 Å². The fourth-order valence-electron chi connectivity index (χ4n) is 9.15. The van der Waals surface area contributed by atoms with Crippen LogP contribution in [-0.4, -0.2) is 87.2 Å². The van der Waals surface area contributed by atoms with E-state index < -0.39 is 46.8 Å². The number of fused-ring (bicyclic) bond motifs is 6. The molecule has 0 radical (unpaired) electrons. The smallest absolute Gasteiger partial charge is 0.294 e. The highest BCUT2D eigenvalue weighted by atomic mass is 32.2. The number of Topliss-reactive ketones (excluding diaryl/α,β-unsaturated/α-hetero) is 1. The molecule has 12 nitrogen and oxygen atoms in total. The highest BCUT2D eigenvalue weighted by Gasteiger charge is 2.46. The number of carbonyl (C=O) groups excluding carboxylic acids is 1. The normalized spacial score (nSPS) is 17.1. The Morgan fingerprint density at radius 2 is 1.54 bits per heavy atom. The lowest BCUT2D eigenvalue weighted by molar-refractivity contribution is -0.437. The highest BCUT2D eigenvalue weighted by molar-refractivity contribution is 7.89. The van der Waals surface area contributed by atoms with Crippen LogP contribution in [0.2, 0.25) is 0 Å². The third kappa shape index (κ3) is 9.64. The van der Waals surface area contributed by atoms with Crippen LogP contribution >= 0.6 is 0 Å². The van der Waals surface area contributed by atoms with Crippen LogP contribution in [0.1, 0.15) is 91.7 Å². The zero-order chi connectivity index (χ0) is 46.3. The van der Waals surface area contributed by atoms with Crippen LogP contribution in [0.3, 0.4) is 0 Å². The van der Waals surface area contributed by atoms with Gasteiger partial charge in [-0.15, -0.1) is 0 Å². The minimum atomic E-state index is -4.48. The van der Waals surface area contributed by atoms with Crippen molar-refractivity contribution in [2.24, 2.45) is 5.92 Å². The molecule has 0 saturated carbocycles. The number of hydrogen-bond donors (Lipinski definition) is 2. The van der Waals surface area contributed by atoms with E-state index in [1.165, 1.54) is 16.4 Å². The molecule has 6 rings (SSSR count). The van der Waals surface area contributed by atoms with Crippen LogP contribution in [-0.2, 0) is 45.9 Å². The zero-order valence-electron chi connectivity index (χ0n) is 37.4. The standard InChI is InChI=1S/C48H59N3O9S3/c1-9-10-29-50-40-27-25-36-37(17-14-19-42(36)62(56,57)49(8)28-15-18-41(52)33(2)3)45(40)47(4,5)43(50)20-12-11-13-21-44-48(6,7)46-38-32-35(63(58,59)60)24-22-34(38)23-26-39(46)51(44)30-16-31-61(53,54)55/h11-14,17,19-27,32-33H,9-10,15-16,18,28-31H2,1-8H3,(H-,53,54,55,58,59,60)/p+1. The van der Waals surface area contributed by atoms with Crippen LogP contribution in [0.5, 0.6) is 0 Å². The van der Waals surface area contributed by atoms with Gasteiger partial charge in [-0.1, -0.05) is 83.5 Å². The first-order chi connectivity index (χ1) is 29.4. The van der Waals surface area contributed by atoms with Crippen molar-refractivity contribution in [2.45, 2.75) is 101 Å². The van der Waals surface area contributed by atoms with Gasteiger partial charge in [0.25, 0.3) is 20.2 Å². The molecule has 0 unspecified atom stereocenters. The van der Waals surface area contributed by atoms with Gasteiger partial charge in [0.1, 0.15) is 12.3 Å². The summed E-state index contributed by atoms with van der Waals surface area (Å²) in [6, 6.07) is 17.6. The average molecular weight is 919 g/mol. The molecule has 0 bridgehead atoms. The molecular weight excluding hydrogens is 859 g/mol. The van der Waals surface area contributed by atoms with Crippen LogP contribution in [0, 0.1) is 5.92 Å². The number of sulfonamides is 1. The second kappa shape index (κ2) is 18.2. The lowest BCUT2D eigenvalue weighted by Crippen LogP contribution is -2.28. The number of ketones is 1. The summed E-state index contributed by atoms with van der Waals surface area (Å²) in [6.45, 7) is 15.4. The molecule has 4 aromatic carbocycles. The molecule has 2 aliphatic rings. The fraction of sp³-hybridized carbons (Fsp3) is 0.417. The quantitative estimate of drug-likeness (QED) is 0.0558. The second-order valence-electron chi connectivity index (χ2n) is 17.9. The Balaban J connectivity index is 1.36. The molecule has 15 heteroatoms. The van der Waals surface area contributed by atoms with E-state index in [1.54, 1.807) is 25.2 Å². The molecule has 0 atom stereocenters. The van der Waals surface area contributed by atoms with Crippen LogP contribution in [0.4, 0.5) is 11.4 Å². The van der Waals surface area contributed by atoms with E-state index in [9.17, 15) is 39.2 Å². The SMILES string of the molecule is CCCCN1C(=CC=CC=CC2=[N+](CCCS(=O)(=O)O)c3ccc4ccc(S(=O)(=O)O)cc4c3C2(C)C)C(C)(C)c2c1ccc1c(S(=O)(=O)N(C)CCCC(=O)C(C)C)cccc21. The number of benzene rings is 4. The van der Waals surface area contributed by atoms with Crippen molar-refractivity contribution in [1.29, 1.82) is 0 Å². The number of carbonyl (C=O) groups is 1. The number of rotatable bonds is 18. The van der Waals surface area contributed by atoms with E-state index in [1.807, 2.05) is 86.9 Å². The number of hydrogen-bond acceptors (Lipinski definition) is 8. The maximum Gasteiger partial charge on any atom is 0.294 e. The molecule has 2 N–H and O–H groups in total. The number of nitrogens with zero attached hydrogens (tertiary/aromatic N) is 3. The molecule has 4 aromatic rings. The van der Waals surface area contributed by atoms with Crippen LogP contribution in [0.25, 0.3) is 21.5 Å². The maximum atomic E-state index is 14.0. The van der Waals surface area contributed by atoms with Gasteiger partial charge in [0.05, 0.1) is 21.0 Å². The highest BCUT2D eigenvalue weighted by Crippen LogP contribution is 2.52. The molecule has 338 valence electrons. The van der Waals surface area contributed by atoms with Gasteiger partial charge < -0.3 is 4.90 Å². The fourth-order valence-corrected chi connectivity index (χ4v) is 11.6. The maximum absolute atomic E-state index is 14.0. The third-order valence-electron chi connectivity index (χ3n) is 12.4. The molecule has 0 amide bonds. The van der Waals surface area contributed by atoms with Gasteiger partial charge in [-0.2, -0.15) is 21.4 Å². The Kier molecular flexibility index (Phi) is 13.8. The van der Waals surface area contributed by atoms with Gasteiger partial charge in [0.15, 0.2) is 5.71 Å². The van der Waals surface area contributed by atoms with E-state index >= 15 is 0 Å². The Morgan fingerprint density at radius 1 is 0.825 bits per heavy atom. The van der Waals surface area contributed by atoms with Gasteiger partial charge >= 0.3 is 0 Å². The van der Waals surface area contributed by atoms with Gasteiger partial charge in [-0.25, -0.2) is 12.7 Å². The van der Waals surface area contributed by atoms with Gasteiger partial charge in [-0.05, 0) is 84.8 Å². The van der Waals surface area contributed by atoms with Gasteiger partial charge in [0.2, 0.25) is 15.7 Å². The molecule has 63 heavy (non-hydrogen) atoms. The lowest BCUT2D eigenvalue weighted by atomic mass is 9.79. The minimum Gasteiger partial charge on any atom is -0.344 e. The summed E-state index contributed by atoms with van der Waals surface area (Å²) >= 11 is 0. The zero-order valence-corrected chi connectivity index (χ0v) is 39.9. The Bertz CT molecular complexity index is 2930. The molecule has 0 spiro atoms. The van der Waals surface area contributed by atoms with Crippen molar-refractivity contribution in [3.8, 4) is 0 Å².